The van der Waals surface area contributed by atoms with Crippen LogP contribution in [0.25, 0.3) is 0 Å². The summed E-state index contributed by atoms with van der Waals surface area (Å²) in [6.07, 6.45) is -2.43. The summed E-state index contributed by atoms with van der Waals surface area (Å²) in [6.45, 7) is 2.02. The van der Waals surface area contributed by atoms with Crippen LogP contribution in [0.3, 0.4) is 0 Å². The summed E-state index contributed by atoms with van der Waals surface area (Å²) in [5.41, 5.74) is 0.711. The predicted molar refractivity (Wildman–Crippen MR) is 85.7 cm³/mol. The van der Waals surface area contributed by atoms with E-state index in [0.29, 0.717) is 11.5 Å². The second kappa shape index (κ2) is 6.71. The minimum absolute atomic E-state index is 0.0203. The van der Waals surface area contributed by atoms with Gasteiger partial charge in [-0.1, -0.05) is 17.7 Å². The fourth-order valence-electron chi connectivity index (χ4n) is 2.52. The van der Waals surface area contributed by atoms with Crippen LogP contribution in [0.4, 0.5) is 13.2 Å². The van der Waals surface area contributed by atoms with Crippen LogP contribution in [0.1, 0.15) is 53.0 Å². The first kappa shape index (κ1) is 17.8. The molecule has 0 unspecified atom stereocenters. The predicted octanol–water partition coefficient (Wildman–Crippen LogP) is 4.66. The number of halogens is 4. The first-order valence-electron chi connectivity index (χ1n) is 7.90. The number of hydrogen-bond donors (Lipinski definition) is 0. The maximum Gasteiger partial charge on any atom is 0.416 e. The summed E-state index contributed by atoms with van der Waals surface area (Å²) in [5, 5.41) is 4.40. The van der Waals surface area contributed by atoms with Gasteiger partial charge in [-0.25, -0.2) is 4.79 Å². The van der Waals surface area contributed by atoms with Gasteiger partial charge in [0.25, 0.3) is 0 Å². The number of nitrogens with zero attached hydrogens (tertiary/aromatic N) is 2. The molecule has 134 valence electrons. The molecule has 1 aromatic heterocycles. The largest absolute Gasteiger partial charge is 0.461 e. The monoisotopic (exact) mass is 372 g/mol. The minimum Gasteiger partial charge on any atom is -0.461 e. The van der Waals surface area contributed by atoms with Gasteiger partial charge in [0, 0.05) is 10.9 Å². The van der Waals surface area contributed by atoms with Crippen LogP contribution in [0, 0.1) is 0 Å². The van der Waals surface area contributed by atoms with E-state index in [1.54, 1.807) is 13.0 Å². The third-order valence-corrected chi connectivity index (χ3v) is 4.33. The Bertz CT molecular complexity index is 798. The summed E-state index contributed by atoms with van der Waals surface area (Å²) in [4.78, 5) is 12.1. The van der Waals surface area contributed by atoms with Crippen LogP contribution in [-0.4, -0.2) is 22.4 Å². The van der Waals surface area contributed by atoms with Gasteiger partial charge in [0.2, 0.25) is 0 Å². The Morgan fingerprint density at radius 3 is 2.64 bits per heavy atom. The maximum atomic E-state index is 12.7. The molecule has 0 aliphatic heterocycles. The number of carbonyl (C=O) groups is 1. The Morgan fingerprint density at radius 1 is 1.36 bits per heavy atom. The summed E-state index contributed by atoms with van der Waals surface area (Å²) in [7, 11) is 0. The normalized spacial score (nSPS) is 14.6. The van der Waals surface area contributed by atoms with Gasteiger partial charge in [-0.15, -0.1) is 0 Å². The van der Waals surface area contributed by atoms with Gasteiger partial charge in [0.1, 0.15) is 5.69 Å². The van der Waals surface area contributed by atoms with Crippen molar-refractivity contribution in [2.75, 3.05) is 6.61 Å². The highest BCUT2D eigenvalue weighted by Crippen LogP contribution is 2.39. The van der Waals surface area contributed by atoms with Crippen LogP contribution in [-0.2, 0) is 17.5 Å². The molecule has 0 bridgehead atoms. The highest BCUT2D eigenvalue weighted by molar-refractivity contribution is 6.31. The van der Waals surface area contributed by atoms with Gasteiger partial charge in [0.15, 0.2) is 0 Å². The summed E-state index contributed by atoms with van der Waals surface area (Å²) in [5.74, 6) is -0.178. The van der Waals surface area contributed by atoms with Crippen molar-refractivity contribution in [2.45, 2.75) is 38.4 Å². The molecule has 1 aliphatic carbocycles. The number of rotatable bonds is 5. The van der Waals surface area contributed by atoms with E-state index in [0.717, 1.165) is 30.7 Å². The fourth-order valence-corrected chi connectivity index (χ4v) is 2.76. The molecule has 0 atom stereocenters. The average Bonchev–Trinajstić information content (AvgIpc) is 3.29. The second-order valence-electron chi connectivity index (χ2n) is 5.91. The molecule has 1 saturated carbocycles. The van der Waals surface area contributed by atoms with E-state index >= 15 is 0 Å². The molecule has 8 heteroatoms. The molecule has 0 radical (unpaired) electrons. The van der Waals surface area contributed by atoms with Crippen molar-refractivity contribution in [1.29, 1.82) is 0 Å². The van der Waals surface area contributed by atoms with Crippen molar-refractivity contribution in [1.82, 2.24) is 9.78 Å². The lowest BCUT2D eigenvalue weighted by Crippen LogP contribution is -2.14. The minimum atomic E-state index is -4.46. The topological polar surface area (TPSA) is 44.1 Å². The molecular formula is C17H16ClF3N2O2. The van der Waals surface area contributed by atoms with E-state index in [-0.39, 0.29) is 23.9 Å². The molecule has 3 rings (SSSR count). The summed E-state index contributed by atoms with van der Waals surface area (Å²) >= 11 is 6.00. The van der Waals surface area contributed by atoms with E-state index in [1.807, 2.05) is 0 Å². The molecule has 25 heavy (non-hydrogen) atoms. The smallest absolute Gasteiger partial charge is 0.416 e. The lowest BCUT2D eigenvalue weighted by Gasteiger charge is -2.11. The number of hydrogen-bond acceptors (Lipinski definition) is 3. The number of carbonyl (C=O) groups excluding carboxylic acids is 1. The van der Waals surface area contributed by atoms with Crippen molar-refractivity contribution in [2.24, 2.45) is 0 Å². The van der Waals surface area contributed by atoms with Crippen molar-refractivity contribution >= 4 is 17.6 Å². The third-order valence-electron chi connectivity index (χ3n) is 3.98. The first-order chi connectivity index (χ1) is 11.8. The maximum absolute atomic E-state index is 12.7. The van der Waals surface area contributed by atoms with E-state index in [4.69, 9.17) is 16.3 Å². The van der Waals surface area contributed by atoms with Crippen LogP contribution in [0.15, 0.2) is 24.3 Å². The zero-order chi connectivity index (χ0) is 18.2. The van der Waals surface area contributed by atoms with Crippen LogP contribution in [0.5, 0.6) is 0 Å². The fraction of sp³-hybridized carbons (Fsp3) is 0.412. The lowest BCUT2D eigenvalue weighted by atomic mass is 10.1. The second-order valence-corrected chi connectivity index (χ2v) is 6.32. The van der Waals surface area contributed by atoms with E-state index in [1.165, 1.54) is 10.7 Å². The molecule has 0 amide bonds. The number of benzene rings is 1. The number of esters is 1. The highest BCUT2D eigenvalue weighted by Gasteiger charge is 2.31. The molecule has 1 aliphatic rings. The highest BCUT2D eigenvalue weighted by atomic mass is 35.5. The molecule has 0 N–H and O–H groups in total. The van der Waals surface area contributed by atoms with Crippen molar-refractivity contribution in [3.8, 4) is 0 Å². The Kier molecular flexibility index (Phi) is 4.77. The molecule has 2 aromatic rings. The van der Waals surface area contributed by atoms with Gasteiger partial charge in [0.05, 0.1) is 24.4 Å². The molecule has 4 nitrogen and oxygen atoms in total. The van der Waals surface area contributed by atoms with E-state index in [2.05, 4.69) is 5.10 Å². The van der Waals surface area contributed by atoms with Crippen molar-refractivity contribution < 1.29 is 22.7 Å². The number of aromatic nitrogens is 2. The van der Waals surface area contributed by atoms with E-state index < -0.39 is 17.7 Å². The van der Waals surface area contributed by atoms with Crippen LogP contribution in [0.2, 0.25) is 5.02 Å². The van der Waals surface area contributed by atoms with Crippen LogP contribution >= 0.6 is 11.6 Å². The summed E-state index contributed by atoms with van der Waals surface area (Å²) in [6, 6.07) is 4.84. The van der Waals surface area contributed by atoms with Gasteiger partial charge in [-0.05, 0) is 43.5 Å². The number of alkyl halides is 3. The lowest BCUT2D eigenvalue weighted by molar-refractivity contribution is -0.137. The molecule has 1 aromatic carbocycles. The Hall–Kier alpha value is -2.02. The number of ether oxygens (including phenoxy) is 1. The van der Waals surface area contributed by atoms with Crippen LogP contribution < -0.4 is 0 Å². The van der Waals surface area contributed by atoms with Gasteiger partial charge < -0.3 is 4.74 Å². The third kappa shape index (κ3) is 3.98. The zero-order valence-corrected chi connectivity index (χ0v) is 14.2. The quantitative estimate of drug-likeness (QED) is 0.717. The molecule has 1 heterocycles. The van der Waals surface area contributed by atoms with Gasteiger partial charge in [-0.2, -0.15) is 18.3 Å². The Morgan fingerprint density at radius 2 is 2.08 bits per heavy atom. The van der Waals surface area contributed by atoms with E-state index in [9.17, 15) is 18.0 Å². The molecular weight excluding hydrogens is 357 g/mol. The first-order valence-corrected chi connectivity index (χ1v) is 8.28. The average molecular weight is 373 g/mol. The van der Waals surface area contributed by atoms with Crippen molar-refractivity contribution in [3.63, 3.8) is 0 Å². The standard InChI is InChI=1S/C17H16ClF3N2O2/c1-2-25-16(24)15-8-14(10-3-4-10)22-23(15)9-11-5-6-12(7-13(11)18)17(19,20)21/h5-8,10H,2-4,9H2,1H3. The molecule has 1 fully saturated rings. The van der Waals surface area contributed by atoms with Crippen molar-refractivity contribution in [3.05, 3.63) is 51.8 Å². The van der Waals surface area contributed by atoms with Gasteiger partial charge >= 0.3 is 12.1 Å². The molecule has 0 spiro atoms. The Balaban J connectivity index is 1.90. The summed E-state index contributed by atoms with van der Waals surface area (Å²) < 4.78 is 44.7. The van der Waals surface area contributed by atoms with Gasteiger partial charge in [-0.3, -0.25) is 4.68 Å². The Labute approximate surface area is 147 Å². The molecule has 0 saturated heterocycles. The SMILES string of the molecule is CCOC(=O)c1cc(C2CC2)nn1Cc1ccc(C(F)(F)F)cc1Cl. The zero-order valence-electron chi connectivity index (χ0n) is 13.4.